The van der Waals surface area contributed by atoms with Gasteiger partial charge in [0.15, 0.2) is 0 Å². The maximum Gasteiger partial charge on any atom is 0.330 e. The van der Waals surface area contributed by atoms with Crippen molar-refractivity contribution in [3.63, 3.8) is 0 Å². The molecule has 102 valence electrons. The van der Waals surface area contributed by atoms with Crippen molar-refractivity contribution in [1.82, 2.24) is 5.32 Å². The second kappa shape index (κ2) is 5.21. The van der Waals surface area contributed by atoms with Crippen molar-refractivity contribution in [3.05, 3.63) is 35.1 Å². The van der Waals surface area contributed by atoms with Crippen molar-refractivity contribution >= 4 is 23.6 Å². The molecule has 2 N–H and O–H groups in total. The van der Waals surface area contributed by atoms with E-state index >= 15 is 0 Å². The molecule has 1 saturated heterocycles. The fourth-order valence-electron chi connectivity index (χ4n) is 1.98. The molecule has 1 atom stereocenters. The summed E-state index contributed by atoms with van der Waals surface area (Å²) in [6.07, 6.45) is 0.353. The van der Waals surface area contributed by atoms with Crippen LogP contribution in [0.15, 0.2) is 18.2 Å². The van der Waals surface area contributed by atoms with Crippen LogP contribution in [0.2, 0.25) is 0 Å². The Bertz CT molecular complexity index is 527. The van der Waals surface area contributed by atoms with Gasteiger partial charge < -0.3 is 10.4 Å². The highest BCUT2D eigenvalue weighted by Gasteiger charge is 2.43. The highest BCUT2D eigenvalue weighted by Crippen LogP contribution is 2.28. The van der Waals surface area contributed by atoms with Crippen LogP contribution in [0.4, 0.5) is 4.39 Å². The van der Waals surface area contributed by atoms with E-state index in [0.717, 1.165) is 5.56 Å². The fourth-order valence-corrected chi connectivity index (χ4v) is 3.31. The van der Waals surface area contributed by atoms with Gasteiger partial charge in [-0.05, 0) is 31.2 Å². The Kier molecular flexibility index (Phi) is 3.80. The summed E-state index contributed by atoms with van der Waals surface area (Å²) < 4.78 is 13.6. The first kappa shape index (κ1) is 13.9. The van der Waals surface area contributed by atoms with Crippen LogP contribution in [0.3, 0.4) is 0 Å². The number of aliphatic carboxylic acids is 1. The lowest BCUT2D eigenvalue weighted by Crippen LogP contribution is -2.54. The number of carboxylic acids is 1. The second-order valence-electron chi connectivity index (χ2n) is 4.63. The third-order valence-corrected chi connectivity index (χ3v) is 4.34. The van der Waals surface area contributed by atoms with Crippen LogP contribution in [0.1, 0.15) is 22.3 Å². The molecule has 1 fully saturated rings. The van der Waals surface area contributed by atoms with E-state index in [2.05, 4.69) is 5.32 Å². The van der Waals surface area contributed by atoms with Gasteiger partial charge in [0.05, 0.1) is 5.56 Å². The van der Waals surface area contributed by atoms with E-state index in [1.807, 2.05) is 0 Å². The minimum Gasteiger partial charge on any atom is -0.479 e. The Labute approximate surface area is 114 Å². The summed E-state index contributed by atoms with van der Waals surface area (Å²) in [5.74, 6) is -1.41. The van der Waals surface area contributed by atoms with Gasteiger partial charge in [-0.25, -0.2) is 9.18 Å². The zero-order chi connectivity index (χ0) is 14.0. The Morgan fingerprint density at radius 1 is 1.47 bits per heavy atom. The van der Waals surface area contributed by atoms with E-state index in [1.54, 1.807) is 13.0 Å². The Balaban J connectivity index is 2.25. The summed E-state index contributed by atoms with van der Waals surface area (Å²) in [5.41, 5.74) is -0.646. The highest BCUT2D eigenvalue weighted by molar-refractivity contribution is 7.99. The summed E-state index contributed by atoms with van der Waals surface area (Å²) >= 11 is 1.46. The fraction of sp³-hybridized carbons (Fsp3) is 0.385. The monoisotopic (exact) mass is 283 g/mol. The molecule has 1 aliphatic heterocycles. The van der Waals surface area contributed by atoms with Gasteiger partial charge in [-0.15, -0.1) is 0 Å². The van der Waals surface area contributed by atoms with E-state index in [-0.39, 0.29) is 5.56 Å². The van der Waals surface area contributed by atoms with Crippen LogP contribution in [-0.4, -0.2) is 34.0 Å². The number of nitrogens with one attached hydrogen (secondary N) is 1. The van der Waals surface area contributed by atoms with Gasteiger partial charge in [0.2, 0.25) is 0 Å². The average molecular weight is 283 g/mol. The molecule has 0 bridgehead atoms. The summed E-state index contributed by atoms with van der Waals surface area (Å²) in [7, 11) is 0. The molecular weight excluding hydrogens is 269 g/mol. The molecule has 0 aromatic heterocycles. The van der Waals surface area contributed by atoms with Gasteiger partial charge in [0, 0.05) is 5.75 Å². The largest absolute Gasteiger partial charge is 0.479 e. The molecule has 1 heterocycles. The number of aryl methyl sites for hydroxylation is 1. The molecular formula is C13H14FNO3S. The molecule has 1 aromatic carbocycles. The number of benzene rings is 1. The summed E-state index contributed by atoms with van der Waals surface area (Å²) in [6.45, 7) is 1.74. The van der Waals surface area contributed by atoms with Crippen LogP contribution in [0.5, 0.6) is 0 Å². The van der Waals surface area contributed by atoms with E-state index in [0.29, 0.717) is 17.9 Å². The van der Waals surface area contributed by atoms with Crippen LogP contribution >= 0.6 is 11.8 Å². The van der Waals surface area contributed by atoms with Crippen molar-refractivity contribution in [3.8, 4) is 0 Å². The van der Waals surface area contributed by atoms with Gasteiger partial charge in [0.1, 0.15) is 11.4 Å². The summed E-state index contributed by atoms with van der Waals surface area (Å²) in [5, 5.41) is 11.7. The molecule has 19 heavy (non-hydrogen) atoms. The zero-order valence-electron chi connectivity index (χ0n) is 10.4. The van der Waals surface area contributed by atoms with Crippen LogP contribution in [0.25, 0.3) is 0 Å². The smallest absolute Gasteiger partial charge is 0.330 e. The number of carbonyl (C=O) groups excluding carboxylic acids is 1. The molecule has 0 aliphatic carbocycles. The number of hydrogen-bond acceptors (Lipinski definition) is 3. The first-order valence-corrected chi connectivity index (χ1v) is 7.00. The third-order valence-electron chi connectivity index (χ3n) is 3.15. The molecule has 2 rings (SSSR count). The molecule has 1 aromatic rings. The molecule has 0 unspecified atom stereocenters. The van der Waals surface area contributed by atoms with Gasteiger partial charge in [0.25, 0.3) is 5.91 Å². The van der Waals surface area contributed by atoms with Crippen LogP contribution in [-0.2, 0) is 4.79 Å². The zero-order valence-corrected chi connectivity index (χ0v) is 11.2. The van der Waals surface area contributed by atoms with E-state index in [9.17, 15) is 19.1 Å². The lowest BCUT2D eigenvalue weighted by atomic mass is 9.98. The number of rotatable bonds is 3. The van der Waals surface area contributed by atoms with Crippen LogP contribution < -0.4 is 5.32 Å². The summed E-state index contributed by atoms with van der Waals surface area (Å²) in [4.78, 5) is 23.4. The van der Waals surface area contributed by atoms with E-state index < -0.39 is 23.2 Å². The first-order chi connectivity index (χ1) is 8.94. The average Bonchev–Trinajstić information content (AvgIpc) is 2.82. The second-order valence-corrected chi connectivity index (χ2v) is 5.73. The minimum absolute atomic E-state index is 0.113. The van der Waals surface area contributed by atoms with Crippen molar-refractivity contribution in [2.45, 2.75) is 18.9 Å². The van der Waals surface area contributed by atoms with E-state index in [1.165, 1.54) is 23.9 Å². The topological polar surface area (TPSA) is 66.4 Å². The van der Waals surface area contributed by atoms with Gasteiger partial charge in [-0.1, -0.05) is 11.6 Å². The molecule has 4 nitrogen and oxygen atoms in total. The van der Waals surface area contributed by atoms with Gasteiger partial charge in [-0.3, -0.25) is 4.79 Å². The Hall–Kier alpha value is -1.56. The number of thioether (sulfide) groups is 1. The maximum absolute atomic E-state index is 13.6. The number of carboxylic acid groups (broad SMARTS) is 1. The van der Waals surface area contributed by atoms with Crippen molar-refractivity contribution in [2.75, 3.05) is 11.5 Å². The molecule has 1 amide bonds. The molecule has 0 radical (unpaired) electrons. The van der Waals surface area contributed by atoms with Crippen molar-refractivity contribution in [2.24, 2.45) is 0 Å². The summed E-state index contributed by atoms with van der Waals surface area (Å²) in [6, 6.07) is 4.19. The molecule has 0 saturated carbocycles. The Morgan fingerprint density at radius 3 is 2.79 bits per heavy atom. The molecule has 0 spiro atoms. The predicted octanol–water partition coefficient (Wildman–Crippen LogP) is 1.82. The third kappa shape index (κ3) is 2.73. The maximum atomic E-state index is 13.6. The first-order valence-electron chi connectivity index (χ1n) is 5.84. The standard InChI is InChI=1S/C13H14FNO3S/c1-8-2-3-10(14)9(6-8)11(16)15-13(12(17)18)4-5-19-7-13/h2-3,6H,4-5,7H2,1H3,(H,15,16)(H,17,18)/t13-/m1/s1. The lowest BCUT2D eigenvalue weighted by molar-refractivity contribution is -0.143. The number of hydrogen-bond donors (Lipinski definition) is 2. The van der Waals surface area contributed by atoms with Gasteiger partial charge in [-0.2, -0.15) is 11.8 Å². The SMILES string of the molecule is Cc1ccc(F)c(C(=O)N[C@]2(C(=O)O)CCSC2)c1. The van der Waals surface area contributed by atoms with Crippen LogP contribution in [0, 0.1) is 12.7 Å². The molecule has 6 heteroatoms. The predicted molar refractivity (Wildman–Crippen MR) is 70.9 cm³/mol. The Morgan fingerprint density at radius 2 is 2.21 bits per heavy atom. The molecule has 1 aliphatic rings. The van der Waals surface area contributed by atoms with Gasteiger partial charge >= 0.3 is 5.97 Å². The normalized spacial score (nSPS) is 22.2. The highest BCUT2D eigenvalue weighted by atomic mass is 32.2. The van der Waals surface area contributed by atoms with E-state index in [4.69, 9.17) is 0 Å². The van der Waals surface area contributed by atoms with Crippen molar-refractivity contribution < 1.29 is 19.1 Å². The number of halogens is 1. The lowest BCUT2D eigenvalue weighted by Gasteiger charge is -2.24. The number of carbonyl (C=O) groups is 2. The quantitative estimate of drug-likeness (QED) is 0.888. The van der Waals surface area contributed by atoms with Crippen molar-refractivity contribution in [1.29, 1.82) is 0 Å². The number of amides is 1. The minimum atomic E-state index is -1.28.